The largest absolute Gasteiger partial charge is 0.493 e. The number of rotatable bonds is 6. The lowest BCUT2D eigenvalue weighted by atomic mass is 10.0. The molecule has 0 saturated carbocycles. The second-order valence-electron chi connectivity index (χ2n) is 4.91. The molecule has 3 N–H and O–H groups in total. The SMILES string of the molecule is COc1cc(Cl)c(NC(=O)[C@H](N)CC(C)C)cc1OC. The maximum atomic E-state index is 12.0. The predicted octanol–water partition coefficient (Wildman–Crippen LogP) is 2.67. The standard InChI is InChI=1S/C14H21ClN2O3/c1-8(2)5-10(16)14(18)17-11-7-13(20-4)12(19-3)6-9(11)15/h6-8,10H,5,16H2,1-4H3,(H,17,18)/t10-/m1/s1. The molecule has 112 valence electrons. The summed E-state index contributed by atoms with van der Waals surface area (Å²) in [5, 5.41) is 3.08. The van der Waals surface area contributed by atoms with Crippen molar-refractivity contribution in [3.63, 3.8) is 0 Å². The minimum Gasteiger partial charge on any atom is -0.493 e. The van der Waals surface area contributed by atoms with Gasteiger partial charge < -0.3 is 20.5 Å². The van der Waals surface area contributed by atoms with Crippen LogP contribution in [0.3, 0.4) is 0 Å². The molecule has 0 unspecified atom stereocenters. The number of amides is 1. The summed E-state index contributed by atoms with van der Waals surface area (Å²) >= 11 is 6.10. The number of ether oxygens (including phenoxy) is 2. The van der Waals surface area contributed by atoms with Crippen LogP contribution in [0.2, 0.25) is 5.02 Å². The fraction of sp³-hybridized carbons (Fsp3) is 0.500. The Morgan fingerprint density at radius 2 is 1.85 bits per heavy atom. The van der Waals surface area contributed by atoms with Gasteiger partial charge in [-0.3, -0.25) is 4.79 Å². The number of nitrogens with two attached hydrogens (primary N) is 1. The first-order valence-corrected chi connectivity index (χ1v) is 6.74. The predicted molar refractivity (Wildman–Crippen MR) is 80.6 cm³/mol. The molecule has 0 aliphatic heterocycles. The Labute approximate surface area is 124 Å². The molecule has 0 aliphatic carbocycles. The fourth-order valence-corrected chi connectivity index (χ4v) is 1.99. The van der Waals surface area contributed by atoms with Crippen molar-refractivity contribution < 1.29 is 14.3 Å². The monoisotopic (exact) mass is 300 g/mol. The number of anilines is 1. The van der Waals surface area contributed by atoms with Crippen LogP contribution in [-0.2, 0) is 4.79 Å². The maximum Gasteiger partial charge on any atom is 0.241 e. The van der Waals surface area contributed by atoms with Crippen LogP contribution in [0.4, 0.5) is 5.69 Å². The molecule has 0 heterocycles. The maximum absolute atomic E-state index is 12.0. The van der Waals surface area contributed by atoms with Crippen molar-refractivity contribution in [2.75, 3.05) is 19.5 Å². The Bertz CT molecular complexity index is 478. The summed E-state index contributed by atoms with van der Waals surface area (Å²) < 4.78 is 10.3. The van der Waals surface area contributed by atoms with Gasteiger partial charge in [-0.2, -0.15) is 0 Å². The van der Waals surface area contributed by atoms with Crippen LogP contribution in [0.1, 0.15) is 20.3 Å². The summed E-state index contributed by atoms with van der Waals surface area (Å²) in [6.07, 6.45) is 0.608. The van der Waals surface area contributed by atoms with Gasteiger partial charge in [0.1, 0.15) is 0 Å². The molecule has 0 aliphatic rings. The highest BCUT2D eigenvalue weighted by atomic mass is 35.5. The Morgan fingerprint density at radius 3 is 2.35 bits per heavy atom. The third kappa shape index (κ3) is 4.28. The van der Waals surface area contributed by atoms with E-state index in [9.17, 15) is 4.79 Å². The van der Waals surface area contributed by atoms with Crippen molar-refractivity contribution in [1.29, 1.82) is 0 Å². The minimum atomic E-state index is -0.570. The molecule has 1 aromatic carbocycles. The topological polar surface area (TPSA) is 73.6 Å². The van der Waals surface area contributed by atoms with Crippen molar-refractivity contribution in [3.8, 4) is 11.5 Å². The van der Waals surface area contributed by atoms with Crippen LogP contribution in [0.25, 0.3) is 0 Å². The van der Waals surface area contributed by atoms with Gasteiger partial charge in [0, 0.05) is 12.1 Å². The van der Waals surface area contributed by atoms with E-state index in [1.807, 2.05) is 13.8 Å². The first-order chi connectivity index (χ1) is 9.38. The van der Waals surface area contributed by atoms with Crippen molar-refractivity contribution in [2.24, 2.45) is 11.7 Å². The molecule has 0 radical (unpaired) electrons. The number of methoxy groups -OCH3 is 2. The Morgan fingerprint density at radius 1 is 1.30 bits per heavy atom. The first-order valence-electron chi connectivity index (χ1n) is 6.37. The van der Waals surface area contributed by atoms with Crippen LogP contribution < -0.4 is 20.5 Å². The summed E-state index contributed by atoms with van der Waals surface area (Å²) in [6, 6.07) is 2.63. The Hall–Kier alpha value is -1.46. The third-order valence-corrected chi connectivity index (χ3v) is 3.11. The van der Waals surface area contributed by atoms with Gasteiger partial charge in [0.25, 0.3) is 0 Å². The normalized spacial score (nSPS) is 12.2. The molecule has 0 fully saturated rings. The van der Waals surface area contributed by atoms with Gasteiger partial charge in [-0.05, 0) is 12.3 Å². The van der Waals surface area contributed by atoms with E-state index in [1.165, 1.54) is 14.2 Å². The number of carbonyl (C=O) groups is 1. The Balaban J connectivity index is 2.89. The molecular weight excluding hydrogens is 280 g/mol. The molecule has 6 heteroatoms. The lowest BCUT2D eigenvalue weighted by Gasteiger charge is -2.16. The molecule has 0 bridgehead atoms. The van der Waals surface area contributed by atoms with Gasteiger partial charge >= 0.3 is 0 Å². The van der Waals surface area contributed by atoms with E-state index in [0.717, 1.165) is 0 Å². The summed E-state index contributed by atoms with van der Waals surface area (Å²) in [5.74, 6) is 1.07. The molecule has 0 spiro atoms. The molecule has 20 heavy (non-hydrogen) atoms. The van der Waals surface area contributed by atoms with Crippen molar-refractivity contribution in [2.45, 2.75) is 26.3 Å². The van der Waals surface area contributed by atoms with E-state index in [4.69, 9.17) is 26.8 Å². The summed E-state index contributed by atoms with van der Waals surface area (Å²) in [5.41, 5.74) is 6.28. The zero-order valence-corrected chi connectivity index (χ0v) is 13.0. The molecule has 1 amide bonds. The summed E-state index contributed by atoms with van der Waals surface area (Å²) in [6.45, 7) is 4.02. The number of nitrogens with one attached hydrogen (secondary N) is 1. The average Bonchev–Trinajstić information content (AvgIpc) is 2.39. The van der Waals surface area contributed by atoms with Gasteiger partial charge in [-0.25, -0.2) is 0 Å². The van der Waals surface area contributed by atoms with E-state index in [2.05, 4.69) is 5.32 Å². The molecule has 1 rings (SSSR count). The molecule has 1 atom stereocenters. The van der Waals surface area contributed by atoms with Crippen molar-refractivity contribution in [1.82, 2.24) is 0 Å². The molecule has 0 saturated heterocycles. The highest BCUT2D eigenvalue weighted by molar-refractivity contribution is 6.34. The third-order valence-electron chi connectivity index (χ3n) is 2.79. The fourth-order valence-electron chi connectivity index (χ4n) is 1.79. The molecule has 5 nitrogen and oxygen atoms in total. The summed E-state index contributed by atoms with van der Waals surface area (Å²) in [7, 11) is 3.03. The second-order valence-corrected chi connectivity index (χ2v) is 5.32. The zero-order chi connectivity index (χ0) is 15.3. The number of benzene rings is 1. The second kappa shape index (κ2) is 7.36. The van der Waals surface area contributed by atoms with Crippen LogP contribution in [0.15, 0.2) is 12.1 Å². The number of halogens is 1. The van der Waals surface area contributed by atoms with Gasteiger partial charge in [-0.15, -0.1) is 0 Å². The van der Waals surface area contributed by atoms with Gasteiger partial charge in [0.2, 0.25) is 5.91 Å². The lowest BCUT2D eigenvalue weighted by molar-refractivity contribution is -0.117. The minimum absolute atomic E-state index is 0.271. The van der Waals surface area contributed by atoms with Gasteiger partial charge in [-0.1, -0.05) is 25.4 Å². The first kappa shape index (κ1) is 16.6. The van der Waals surface area contributed by atoms with E-state index in [1.54, 1.807) is 12.1 Å². The van der Waals surface area contributed by atoms with Crippen LogP contribution in [-0.4, -0.2) is 26.2 Å². The van der Waals surface area contributed by atoms with E-state index < -0.39 is 6.04 Å². The van der Waals surface area contributed by atoms with E-state index in [-0.39, 0.29) is 5.91 Å². The zero-order valence-electron chi connectivity index (χ0n) is 12.2. The quantitative estimate of drug-likeness (QED) is 0.847. The van der Waals surface area contributed by atoms with Crippen LogP contribution in [0.5, 0.6) is 11.5 Å². The van der Waals surface area contributed by atoms with Crippen LogP contribution in [0, 0.1) is 5.92 Å². The van der Waals surface area contributed by atoms with E-state index >= 15 is 0 Å². The number of hydrogen-bond donors (Lipinski definition) is 2. The number of hydrogen-bond acceptors (Lipinski definition) is 4. The Kier molecular flexibility index (Phi) is 6.10. The number of carbonyl (C=O) groups excluding carboxylic acids is 1. The average molecular weight is 301 g/mol. The molecular formula is C14H21ClN2O3. The lowest BCUT2D eigenvalue weighted by Crippen LogP contribution is -2.36. The van der Waals surface area contributed by atoms with Gasteiger partial charge in [0.15, 0.2) is 11.5 Å². The molecule has 1 aromatic rings. The summed E-state index contributed by atoms with van der Waals surface area (Å²) in [4.78, 5) is 12.0. The highest BCUT2D eigenvalue weighted by Gasteiger charge is 2.17. The van der Waals surface area contributed by atoms with Crippen molar-refractivity contribution in [3.05, 3.63) is 17.2 Å². The van der Waals surface area contributed by atoms with E-state index in [0.29, 0.717) is 34.5 Å². The smallest absolute Gasteiger partial charge is 0.241 e. The molecule has 0 aromatic heterocycles. The highest BCUT2D eigenvalue weighted by Crippen LogP contribution is 2.36. The van der Waals surface area contributed by atoms with Crippen LogP contribution >= 0.6 is 11.6 Å². The van der Waals surface area contributed by atoms with Crippen molar-refractivity contribution >= 4 is 23.2 Å². The van der Waals surface area contributed by atoms with Gasteiger partial charge in [0.05, 0.1) is 31.0 Å².